The van der Waals surface area contributed by atoms with Gasteiger partial charge in [-0.15, -0.1) is 0 Å². The van der Waals surface area contributed by atoms with Crippen molar-refractivity contribution in [1.82, 2.24) is 9.80 Å². The average Bonchev–Trinajstić information content (AvgIpc) is 3.00. The molecule has 10 unspecified atom stereocenters. The number of aliphatic imine (C=N–C) groups is 1. The highest BCUT2D eigenvalue weighted by atomic mass is 16.5. The molecule has 0 aromatic carbocycles. The van der Waals surface area contributed by atoms with Gasteiger partial charge in [-0.25, -0.2) is 0 Å². The second-order valence-electron chi connectivity index (χ2n) is 13.0. The van der Waals surface area contributed by atoms with Gasteiger partial charge in [0.1, 0.15) is 0 Å². The fraction of sp³-hybridized carbons (Fsp3) is 0.964. The van der Waals surface area contributed by atoms with Crippen LogP contribution in [0.15, 0.2) is 4.99 Å². The first-order chi connectivity index (χ1) is 15.8. The fourth-order valence-electron chi connectivity index (χ4n) is 9.66. The van der Waals surface area contributed by atoms with Gasteiger partial charge in [0.2, 0.25) is 0 Å². The molecule has 3 saturated carbocycles. The first-order valence-corrected chi connectivity index (χ1v) is 14.1. The molecule has 0 N–H and O–H groups in total. The van der Waals surface area contributed by atoms with Crippen LogP contribution in [0.1, 0.15) is 72.6 Å². The topological polar surface area (TPSA) is 37.3 Å². The SMILES string of the molecule is CC1CCC(C)C2C1C(C)(C)N(C)C21C=NC2C(CC(N3CCOCC3)C3CCCCC32)O1. The van der Waals surface area contributed by atoms with E-state index in [1.165, 1.54) is 38.5 Å². The second kappa shape index (κ2) is 8.28. The molecule has 2 saturated heterocycles. The van der Waals surface area contributed by atoms with Crippen LogP contribution in [0.25, 0.3) is 0 Å². The number of nitrogens with zero attached hydrogens (tertiary/aromatic N) is 3. The van der Waals surface area contributed by atoms with Gasteiger partial charge < -0.3 is 9.47 Å². The lowest BCUT2D eigenvalue weighted by molar-refractivity contribution is -0.197. The van der Waals surface area contributed by atoms with Crippen molar-refractivity contribution in [2.24, 2.45) is 40.5 Å². The maximum absolute atomic E-state index is 7.46. The first kappa shape index (κ1) is 22.9. The molecule has 6 aliphatic rings. The summed E-state index contributed by atoms with van der Waals surface area (Å²) in [6, 6.07) is 1.01. The Morgan fingerprint density at radius 2 is 1.58 bits per heavy atom. The third-order valence-corrected chi connectivity index (χ3v) is 11.3. The lowest BCUT2D eigenvalue weighted by Crippen LogP contribution is -2.65. The van der Waals surface area contributed by atoms with Crippen LogP contribution < -0.4 is 0 Å². The average molecular weight is 458 g/mol. The Kier molecular flexibility index (Phi) is 5.76. The van der Waals surface area contributed by atoms with Crippen molar-refractivity contribution in [3.8, 4) is 0 Å². The van der Waals surface area contributed by atoms with Crippen molar-refractivity contribution >= 4 is 6.21 Å². The Hall–Kier alpha value is -0.490. The monoisotopic (exact) mass is 457 g/mol. The van der Waals surface area contributed by atoms with E-state index in [2.05, 4.69) is 50.8 Å². The predicted octanol–water partition coefficient (Wildman–Crippen LogP) is 4.45. The summed E-state index contributed by atoms with van der Waals surface area (Å²) in [6.45, 7) is 13.9. The molecule has 0 bridgehead atoms. The molecule has 33 heavy (non-hydrogen) atoms. The van der Waals surface area contributed by atoms with E-state index in [1.54, 1.807) is 0 Å². The van der Waals surface area contributed by atoms with E-state index in [0.29, 0.717) is 35.8 Å². The van der Waals surface area contributed by atoms with Crippen molar-refractivity contribution in [1.29, 1.82) is 0 Å². The lowest BCUT2D eigenvalue weighted by Gasteiger charge is -2.56. The third-order valence-electron chi connectivity index (χ3n) is 11.3. The van der Waals surface area contributed by atoms with Gasteiger partial charge in [0.25, 0.3) is 0 Å². The molecular weight excluding hydrogens is 410 g/mol. The van der Waals surface area contributed by atoms with Crippen LogP contribution in [0.2, 0.25) is 0 Å². The number of ether oxygens (including phenoxy) is 2. The molecule has 10 atom stereocenters. The quantitative estimate of drug-likeness (QED) is 0.583. The number of fused-ring (bicyclic) bond motifs is 5. The molecule has 3 aliphatic heterocycles. The van der Waals surface area contributed by atoms with Crippen LogP contribution in [0.3, 0.4) is 0 Å². The van der Waals surface area contributed by atoms with E-state index >= 15 is 0 Å². The Labute approximate surface area is 201 Å². The molecular formula is C28H47N3O2. The van der Waals surface area contributed by atoms with Crippen LogP contribution in [0.4, 0.5) is 0 Å². The molecule has 5 heteroatoms. The zero-order valence-electron chi connectivity index (χ0n) is 21.7. The number of hydrogen-bond acceptors (Lipinski definition) is 5. The molecule has 0 aromatic rings. The Balaban J connectivity index is 1.36. The van der Waals surface area contributed by atoms with Gasteiger partial charge in [-0.2, -0.15) is 0 Å². The molecule has 5 nitrogen and oxygen atoms in total. The summed E-state index contributed by atoms with van der Waals surface area (Å²) in [6.07, 6.45) is 11.9. The van der Waals surface area contributed by atoms with Gasteiger partial charge >= 0.3 is 0 Å². The van der Waals surface area contributed by atoms with Crippen LogP contribution in [0.5, 0.6) is 0 Å². The smallest absolute Gasteiger partial charge is 0.161 e. The minimum atomic E-state index is -0.333. The van der Waals surface area contributed by atoms with Gasteiger partial charge in [-0.05, 0) is 76.2 Å². The van der Waals surface area contributed by atoms with Crippen LogP contribution in [-0.2, 0) is 9.47 Å². The van der Waals surface area contributed by atoms with Crippen molar-refractivity contribution in [2.45, 2.75) is 102 Å². The van der Waals surface area contributed by atoms with Crippen molar-refractivity contribution in [3.63, 3.8) is 0 Å². The summed E-state index contributed by atoms with van der Waals surface area (Å²) in [5.74, 6) is 4.10. The summed E-state index contributed by atoms with van der Waals surface area (Å²) >= 11 is 0. The minimum Gasteiger partial charge on any atom is -0.379 e. The molecule has 6 rings (SSSR count). The number of hydrogen-bond donors (Lipinski definition) is 0. The fourth-order valence-corrected chi connectivity index (χ4v) is 9.66. The lowest BCUT2D eigenvalue weighted by atomic mass is 9.61. The number of rotatable bonds is 1. The predicted molar refractivity (Wildman–Crippen MR) is 133 cm³/mol. The van der Waals surface area contributed by atoms with E-state index in [1.807, 2.05) is 0 Å². The van der Waals surface area contributed by atoms with E-state index in [4.69, 9.17) is 14.5 Å². The first-order valence-electron chi connectivity index (χ1n) is 14.1. The zero-order chi connectivity index (χ0) is 23.0. The van der Waals surface area contributed by atoms with E-state index < -0.39 is 0 Å². The van der Waals surface area contributed by atoms with Gasteiger partial charge in [0.05, 0.1) is 25.4 Å². The van der Waals surface area contributed by atoms with Gasteiger partial charge in [0, 0.05) is 36.8 Å². The highest BCUT2D eigenvalue weighted by Crippen LogP contribution is 2.60. The number of likely N-dealkylation sites (tertiary alicyclic amines) is 1. The molecule has 1 spiro atoms. The molecule has 0 radical (unpaired) electrons. The summed E-state index contributed by atoms with van der Waals surface area (Å²) in [7, 11) is 2.33. The van der Waals surface area contributed by atoms with Crippen molar-refractivity contribution in [3.05, 3.63) is 0 Å². The molecule has 5 fully saturated rings. The van der Waals surface area contributed by atoms with Crippen LogP contribution in [0, 0.1) is 35.5 Å². The Morgan fingerprint density at radius 3 is 2.30 bits per heavy atom. The highest BCUT2D eigenvalue weighted by Gasteiger charge is 2.67. The van der Waals surface area contributed by atoms with Gasteiger partial charge in [0.15, 0.2) is 5.72 Å². The second-order valence-corrected chi connectivity index (χ2v) is 13.0. The van der Waals surface area contributed by atoms with Gasteiger partial charge in [-0.3, -0.25) is 14.8 Å². The maximum Gasteiger partial charge on any atom is 0.161 e. The molecule has 186 valence electrons. The molecule has 0 amide bonds. The standard InChI is InChI=1S/C28H47N3O2/c1-18-10-11-19(2)25-24(18)27(3,4)30(5)28(25)17-29-26-21-9-7-6-8-20(21)22(16-23(26)33-28)31-12-14-32-15-13-31/h17-26H,6-16H2,1-5H3. The minimum absolute atomic E-state index is 0.128. The van der Waals surface area contributed by atoms with Crippen molar-refractivity contribution < 1.29 is 9.47 Å². The summed E-state index contributed by atoms with van der Waals surface area (Å²) in [5.41, 5.74) is -0.205. The van der Waals surface area contributed by atoms with E-state index in [-0.39, 0.29) is 17.4 Å². The third kappa shape index (κ3) is 3.35. The largest absolute Gasteiger partial charge is 0.379 e. The molecule has 0 aromatic heterocycles. The molecule has 3 aliphatic carbocycles. The van der Waals surface area contributed by atoms with Crippen LogP contribution >= 0.6 is 0 Å². The van der Waals surface area contributed by atoms with E-state index in [9.17, 15) is 0 Å². The maximum atomic E-state index is 7.46. The van der Waals surface area contributed by atoms with Crippen molar-refractivity contribution in [2.75, 3.05) is 33.4 Å². The Bertz CT molecular complexity index is 764. The van der Waals surface area contributed by atoms with Crippen LogP contribution in [-0.4, -0.2) is 78.8 Å². The summed E-state index contributed by atoms with van der Waals surface area (Å²) in [5, 5.41) is 0. The Morgan fingerprint density at radius 1 is 0.909 bits per heavy atom. The zero-order valence-corrected chi connectivity index (χ0v) is 21.7. The summed E-state index contributed by atoms with van der Waals surface area (Å²) in [4.78, 5) is 10.8. The highest BCUT2D eigenvalue weighted by molar-refractivity contribution is 5.71. The van der Waals surface area contributed by atoms with E-state index in [0.717, 1.165) is 44.6 Å². The van der Waals surface area contributed by atoms with Gasteiger partial charge in [-0.1, -0.05) is 33.1 Å². The number of morpholine rings is 1. The molecule has 3 heterocycles. The summed E-state index contributed by atoms with van der Waals surface area (Å²) < 4.78 is 13.2. The normalized spacial score (nSPS) is 52.3.